The van der Waals surface area contributed by atoms with Crippen molar-refractivity contribution >= 4 is 60.5 Å². The predicted molar refractivity (Wildman–Crippen MR) is 81.2 cm³/mol. The Bertz CT molecular complexity index is 772. The Labute approximate surface area is 132 Å². The van der Waals surface area contributed by atoms with E-state index < -0.39 is 16.0 Å². The number of anilines is 1. The van der Waals surface area contributed by atoms with Gasteiger partial charge in [0.1, 0.15) is 0 Å². The average Bonchev–Trinajstić information content (AvgIpc) is 2.78. The van der Waals surface area contributed by atoms with Gasteiger partial charge in [-0.2, -0.15) is 0 Å². The number of carboxylic acid groups (broad SMARTS) is 1. The number of thiophene rings is 1. The molecule has 0 fully saturated rings. The molecule has 2 N–H and O–H groups in total. The van der Waals surface area contributed by atoms with Crippen LogP contribution in [0, 0.1) is 0 Å². The van der Waals surface area contributed by atoms with Crippen LogP contribution in [0.1, 0.15) is 10.4 Å². The molecule has 0 saturated carbocycles. The van der Waals surface area contributed by atoms with Gasteiger partial charge in [-0.1, -0.05) is 11.6 Å². The van der Waals surface area contributed by atoms with Crippen molar-refractivity contribution in [2.75, 3.05) is 4.72 Å². The molecule has 0 unspecified atom stereocenters. The number of sulfonamides is 1. The van der Waals surface area contributed by atoms with Crippen LogP contribution in [0.3, 0.4) is 0 Å². The predicted octanol–water partition coefficient (Wildman–Crippen LogP) is 3.66. The average molecular weight is 397 g/mol. The first-order valence-corrected chi connectivity index (χ1v) is 8.63. The van der Waals surface area contributed by atoms with Crippen molar-refractivity contribution < 1.29 is 18.3 Å². The Kier molecular flexibility index (Phi) is 4.38. The molecule has 2 aromatic rings. The van der Waals surface area contributed by atoms with Gasteiger partial charge in [0.15, 0.2) is 4.21 Å². The molecule has 106 valence electrons. The monoisotopic (exact) mass is 395 g/mol. The Balaban J connectivity index is 2.42. The van der Waals surface area contributed by atoms with Gasteiger partial charge >= 0.3 is 5.97 Å². The fraction of sp³-hybridized carbons (Fsp3) is 0. The number of halogens is 2. The van der Waals surface area contributed by atoms with E-state index in [9.17, 15) is 13.2 Å². The van der Waals surface area contributed by atoms with E-state index in [0.29, 0.717) is 4.47 Å². The minimum Gasteiger partial charge on any atom is -0.478 e. The normalized spacial score (nSPS) is 11.3. The van der Waals surface area contributed by atoms with Gasteiger partial charge in [-0.15, -0.1) is 11.3 Å². The smallest absolute Gasteiger partial charge is 0.335 e. The zero-order valence-corrected chi connectivity index (χ0v) is 13.6. The highest BCUT2D eigenvalue weighted by Gasteiger charge is 2.21. The fourth-order valence-corrected chi connectivity index (χ4v) is 5.03. The van der Waals surface area contributed by atoms with Crippen LogP contribution in [-0.2, 0) is 10.0 Å². The lowest BCUT2D eigenvalue weighted by Crippen LogP contribution is -2.13. The number of hydrogen-bond donors (Lipinski definition) is 2. The minimum absolute atomic E-state index is 0.0202. The second-order valence-electron chi connectivity index (χ2n) is 3.66. The van der Waals surface area contributed by atoms with Gasteiger partial charge in [0.05, 0.1) is 16.3 Å². The number of hydrogen-bond acceptors (Lipinski definition) is 4. The molecular weight excluding hydrogens is 390 g/mol. The molecule has 0 amide bonds. The van der Waals surface area contributed by atoms with Crippen LogP contribution in [-0.4, -0.2) is 19.5 Å². The van der Waals surface area contributed by atoms with Gasteiger partial charge < -0.3 is 5.11 Å². The van der Waals surface area contributed by atoms with Gasteiger partial charge in [0.2, 0.25) is 0 Å². The van der Waals surface area contributed by atoms with Gasteiger partial charge in [-0.3, -0.25) is 4.72 Å². The first-order valence-electron chi connectivity index (χ1n) is 5.10. The van der Waals surface area contributed by atoms with Crippen LogP contribution in [0.15, 0.2) is 38.3 Å². The number of nitrogens with one attached hydrogen (secondary N) is 1. The molecule has 0 saturated heterocycles. The lowest BCUT2D eigenvalue weighted by Gasteiger charge is -2.09. The molecule has 2 rings (SSSR count). The number of benzene rings is 1. The molecule has 1 heterocycles. The summed E-state index contributed by atoms with van der Waals surface area (Å²) in [7, 11) is -3.82. The molecule has 0 aliphatic rings. The molecule has 0 aliphatic carbocycles. The highest BCUT2D eigenvalue weighted by molar-refractivity contribution is 9.10. The summed E-state index contributed by atoms with van der Waals surface area (Å²) < 4.78 is 27.2. The third-order valence-corrected chi connectivity index (χ3v) is 6.65. The molecule has 0 bridgehead atoms. The molecule has 20 heavy (non-hydrogen) atoms. The van der Waals surface area contributed by atoms with Crippen LogP contribution in [0.2, 0.25) is 5.02 Å². The van der Waals surface area contributed by atoms with Crippen LogP contribution >= 0.6 is 38.9 Å². The largest absolute Gasteiger partial charge is 0.478 e. The van der Waals surface area contributed by atoms with Crippen LogP contribution < -0.4 is 4.72 Å². The number of aromatic carboxylic acids is 1. The Morgan fingerprint density at radius 3 is 2.60 bits per heavy atom. The van der Waals surface area contributed by atoms with E-state index >= 15 is 0 Å². The van der Waals surface area contributed by atoms with Gasteiger partial charge in [0, 0.05) is 4.47 Å². The molecule has 9 heteroatoms. The Morgan fingerprint density at radius 2 is 2.05 bits per heavy atom. The first-order chi connectivity index (χ1) is 9.31. The van der Waals surface area contributed by atoms with E-state index in [1.807, 2.05) is 0 Å². The first kappa shape index (κ1) is 15.3. The second kappa shape index (κ2) is 5.72. The maximum Gasteiger partial charge on any atom is 0.335 e. The van der Waals surface area contributed by atoms with Crippen molar-refractivity contribution in [3.8, 4) is 0 Å². The van der Waals surface area contributed by atoms with Crippen LogP contribution in [0.25, 0.3) is 0 Å². The topological polar surface area (TPSA) is 83.5 Å². The maximum atomic E-state index is 12.2. The van der Waals surface area contributed by atoms with Gasteiger partial charge in [-0.25, -0.2) is 13.2 Å². The third-order valence-electron chi connectivity index (χ3n) is 2.29. The van der Waals surface area contributed by atoms with Gasteiger partial charge in [-0.05, 0) is 45.6 Å². The fourth-order valence-electron chi connectivity index (χ4n) is 1.40. The molecule has 1 aromatic heterocycles. The van der Waals surface area contributed by atoms with E-state index in [1.54, 1.807) is 11.4 Å². The molecule has 0 aliphatic heterocycles. The molecule has 0 spiro atoms. The summed E-state index contributed by atoms with van der Waals surface area (Å²) in [4.78, 5) is 10.9. The van der Waals surface area contributed by atoms with Crippen molar-refractivity contribution in [1.82, 2.24) is 0 Å². The zero-order valence-electron chi connectivity index (χ0n) is 9.63. The molecule has 5 nitrogen and oxygen atoms in total. The summed E-state index contributed by atoms with van der Waals surface area (Å²) in [6, 6.07) is 5.40. The van der Waals surface area contributed by atoms with Crippen molar-refractivity contribution in [2.45, 2.75) is 4.21 Å². The molecule has 1 aromatic carbocycles. The Hall–Kier alpha value is -1.09. The van der Waals surface area contributed by atoms with Crippen molar-refractivity contribution in [1.29, 1.82) is 0 Å². The highest BCUT2D eigenvalue weighted by Crippen LogP contribution is 2.31. The van der Waals surface area contributed by atoms with E-state index in [1.165, 1.54) is 18.2 Å². The lowest BCUT2D eigenvalue weighted by molar-refractivity contribution is 0.0697. The summed E-state index contributed by atoms with van der Waals surface area (Å²) in [6.07, 6.45) is 0. The van der Waals surface area contributed by atoms with Crippen molar-refractivity contribution in [3.63, 3.8) is 0 Å². The Morgan fingerprint density at radius 1 is 1.35 bits per heavy atom. The summed E-state index contributed by atoms with van der Waals surface area (Å²) in [5.74, 6) is -1.17. The summed E-state index contributed by atoms with van der Waals surface area (Å²) in [5.41, 5.74) is -0.0378. The zero-order chi connectivity index (χ0) is 14.9. The summed E-state index contributed by atoms with van der Waals surface area (Å²) in [5, 5.41) is 10.6. The van der Waals surface area contributed by atoms with Crippen molar-refractivity contribution in [3.05, 3.63) is 44.7 Å². The lowest BCUT2D eigenvalue weighted by atomic mass is 10.2. The summed E-state index contributed by atoms with van der Waals surface area (Å²) in [6.45, 7) is 0. The van der Waals surface area contributed by atoms with E-state index in [4.69, 9.17) is 16.7 Å². The number of rotatable bonds is 4. The maximum absolute atomic E-state index is 12.2. The summed E-state index contributed by atoms with van der Waals surface area (Å²) >= 11 is 10.1. The van der Waals surface area contributed by atoms with E-state index in [0.717, 1.165) is 11.3 Å². The third kappa shape index (κ3) is 3.14. The van der Waals surface area contributed by atoms with Crippen molar-refractivity contribution in [2.24, 2.45) is 0 Å². The van der Waals surface area contributed by atoms with Gasteiger partial charge in [0.25, 0.3) is 10.0 Å². The molecule has 0 radical (unpaired) electrons. The number of carbonyl (C=O) groups is 1. The second-order valence-corrected chi connectivity index (χ2v) is 7.72. The van der Waals surface area contributed by atoms with E-state index in [2.05, 4.69) is 20.7 Å². The highest BCUT2D eigenvalue weighted by atomic mass is 79.9. The van der Waals surface area contributed by atoms with Crippen LogP contribution in [0.5, 0.6) is 0 Å². The SMILES string of the molecule is O=C(O)c1ccc(Cl)c(NS(=O)(=O)c2sccc2Br)c1. The standard InChI is InChI=1S/C11H7BrClNO4S2/c12-7-3-4-19-11(7)20(17,18)14-9-5-6(10(15)16)1-2-8(9)13/h1-5,14H,(H,15,16). The minimum atomic E-state index is -3.82. The molecule has 0 atom stereocenters. The van der Waals surface area contributed by atoms with E-state index in [-0.39, 0.29) is 20.5 Å². The molecular formula is C11H7BrClNO4S2. The van der Waals surface area contributed by atoms with Crippen LogP contribution in [0.4, 0.5) is 5.69 Å². The quantitative estimate of drug-likeness (QED) is 0.826. The number of carboxylic acids is 1.